The van der Waals surface area contributed by atoms with Gasteiger partial charge in [0, 0.05) is 37.8 Å². The van der Waals surface area contributed by atoms with Gasteiger partial charge in [0.2, 0.25) is 15.9 Å². The Hall–Kier alpha value is -1.41. The lowest BCUT2D eigenvalue weighted by atomic mass is 9.92. The number of nitrogens with one attached hydrogen (secondary N) is 1. The van der Waals surface area contributed by atoms with Crippen LogP contribution in [0.25, 0.3) is 0 Å². The molecule has 1 aliphatic rings. The highest BCUT2D eigenvalue weighted by molar-refractivity contribution is 7.88. The molecule has 1 aromatic heterocycles. The van der Waals surface area contributed by atoms with Gasteiger partial charge in [0.05, 0.1) is 11.9 Å². The largest absolute Gasteiger partial charge is 0.341 e. The highest BCUT2D eigenvalue weighted by Gasteiger charge is 2.38. The highest BCUT2D eigenvalue weighted by Crippen LogP contribution is 2.25. The van der Waals surface area contributed by atoms with Crippen molar-refractivity contribution < 1.29 is 13.2 Å². The first-order chi connectivity index (χ1) is 11.5. The molecule has 2 unspecified atom stereocenters. The molecule has 1 fully saturated rings. The van der Waals surface area contributed by atoms with Crippen LogP contribution >= 0.6 is 0 Å². The van der Waals surface area contributed by atoms with Crippen molar-refractivity contribution in [3.05, 3.63) is 17.0 Å². The number of hydrogen-bond donors (Lipinski definition) is 1. The van der Waals surface area contributed by atoms with Gasteiger partial charge in [-0.25, -0.2) is 13.1 Å². The molecule has 0 saturated carbocycles. The Bertz CT molecular complexity index is 739. The van der Waals surface area contributed by atoms with Crippen molar-refractivity contribution in [2.75, 3.05) is 19.3 Å². The van der Waals surface area contributed by atoms with Crippen LogP contribution in [0.4, 0.5) is 0 Å². The Labute approximate surface area is 150 Å². The number of likely N-dealkylation sites (tertiary alicyclic amines) is 1. The van der Waals surface area contributed by atoms with Gasteiger partial charge >= 0.3 is 0 Å². The van der Waals surface area contributed by atoms with Crippen LogP contribution in [0.15, 0.2) is 0 Å². The third kappa shape index (κ3) is 4.82. The molecular formula is C17H30N4O3S. The van der Waals surface area contributed by atoms with Crippen molar-refractivity contribution in [3.63, 3.8) is 0 Å². The number of amides is 1. The van der Waals surface area contributed by atoms with Gasteiger partial charge in [-0.3, -0.25) is 9.48 Å². The van der Waals surface area contributed by atoms with Crippen LogP contribution < -0.4 is 4.72 Å². The molecule has 0 aliphatic carbocycles. The van der Waals surface area contributed by atoms with Gasteiger partial charge in [-0.1, -0.05) is 13.8 Å². The van der Waals surface area contributed by atoms with E-state index in [1.165, 1.54) is 6.26 Å². The molecule has 1 aliphatic heterocycles. The summed E-state index contributed by atoms with van der Waals surface area (Å²) in [7, 11) is -3.29. The van der Waals surface area contributed by atoms with E-state index in [9.17, 15) is 13.2 Å². The summed E-state index contributed by atoms with van der Waals surface area (Å²) in [4.78, 5) is 14.4. The Kier molecular flexibility index (Phi) is 5.93. The second-order valence-corrected chi connectivity index (χ2v) is 9.25. The molecule has 142 valence electrons. The monoisotopic (exact) mass is 370 g/mol. The summed E-state index contributed by atoms with van der Waals surface area (Å²) in [6, 6.07) is -0.213. The Balaban J connectivity index is 2.00. The van der Waals surface area contributed by atoms with Gasteiger partial charge in [0.1, 0.15) is 0 Å². The van der Waals surface area contributed by atoms with Crippen LogP contribution in [-0.4, -0.2) is 54.4 Å². The Morgan fingerprint density at radius 3 is 2.40 bits per heavy atom. The van der Waals surface area contributed by atoms with E-state index < -0.39 is 10.0 Å². The Morgan fingerprint density at radius 2 is 1.92 bits per heavy atom. The van der Waals surface area contributed by atoms with Crippen molar-refractivity contribution in [1.82, 2.24) is 19.4 Å². The molecule has 2 atom stereocenters. The van der Waals surface area contributed by atoms with E-state index in [0.717, 1.165) is 17.0 Å². The summed E-state index contributed by atoms with van der Waals surface area (Å²) >= 11 is 0. The number of nitrogens with zero attached hydrogens (tertiary/aromatic N) is 3. The van der Waals surface area contributed by atoms with Crippen LogP contribution in [0, 0.1) is 32.6 Å². The third-order valence-electron chi connectivity index (χ3n) is 5.22. The van der Waals surface area contributed by atoms with Crippen molar-refractivity contribution >= 4 is 15.9 Å². The number of carbonyl (C=O) groups is 1. The summed E-state index contributed by atoms with van der Waals surface area (Å²) in [6.45, 7) is 11.7. The number of sulfonamides is 1. The fraction of sp³-hybridized carbons (Fsp3) is 0.765. The molecule has 1 saturated heterocycles. The van der Waals surface area contributed by atoms with Crippen LogP contribution in [0.5, 0.6) is 0 Å². The summed E-state index contributed by atoms with van der Waals surface area (Å²) < 4.78 is 27.7. The molecule has 25 heavy (non-hydrogen) atoms. The van der Waals surface area contributed by atoms with Gasteiger partial charge in [-0.05, 0) is 38.2 Å². The Morgan fingerprint density at radius 1 is 1.28 bits per heavy atom. The maximum atomic E-state index is 12.6. The summed E-state index contributed by atoms with van der Waals surface area (Å²) in [6.07, 6.45) is 1.54. The lowest BCUT2D eigenvalue weighted by Crippen LogP contribution is -2.41. The minimum absolute atomic E-state index is 0.0497. The molecule has 8 heteroatoms. The first kappa shape index (κ1) is 19.9. The zero-order valence-electron chi connectivity index (χ0n) is 16.0. The number of hydrogen-bond acceptors (Lipinski definition) is 4. The van der Waals surface area contributed by atoms with Gasteiger partial charge in [0.15, 0.2) is 0 Å². The molecule has 1 amide bonds. The van der Waals surface area contributed by atoms with E-state index in [4.69, 9.17) is 0 Å². The van der Waals surface area contributed by atoms with E-state index in [0.29, 0.717) is 32.0 Å². The minimum Gasteiger partial charge on any atom is -0.341 e. The normalized spacial score (nSPS) is 21.3. The van der Waals surface area contributed by atoms with Gasteiger partial charge in [-0.15, -0.1) is 0 Å². The van der Waals surface area contributed by atoms with E-state index in [2.05, 4.69) is 23.7 Å². The van der Waals surface area contributed by atoms with Crippen LogP contribution in [0.2, 0.25) is 0 Å². The first-order valence-corrected chi connectivity index (χ1v) is 10.6. The quantitative estimate of drug-likeness (QED) is 0.816. The summed E-state index contributed by atoms with van der Waals surface area (Å²) in [5, 5.41) is 4.47. The van der Waals surface area contributed by atoms with E-state index in [1.54, 1.807) is 4.90 Å². The van der Waals surface area contributed by atoms with Crippen LogP contribution in [0.3, 0.4) is 0 Å². The lowest BCUT2D eigenvalue weighted by molar-refractivity contribution is -0.130. The van der Waals surface area contributed by atoms with Crippen LogP contribution in [0.1, 0.15) is 37.2 Å². The molecule has 2 rings (SSSR count). The molecule has 0 radical (unpaired) electrons. The average molecular weight is 371 g/mol. The molecular weight excluding hydrogens is 340 g/mol. The second-order valence-electron chi connectivity index (χ2n) is 7.47. The first-order valence-electron chi connectivity index (χ1n) is 8.75. The van der Waals surface area contributed by atoms with E-state index >= 15 is 0 Å². The summed E-state index contributed by atoms with van der Waals surface area (Å²) in [5.74, 6) is 0.485. The average Bonchev–Trinajstić information content (AvgIpc) is 3.00. The predicted octanol–water partition coefficient (Wildman–Crippen LogP) is 1.23. The number of carbonyl (C=O) groups excluding carboxylic acids is 1. The molecule has 2 heterocycles. The third-order valence-corrected chi connectivity index (χ3v) is 5.95. The predicted molar refractivity (Wildman–Crippen MR) is 97.7 cm³/mol. The van der Waals surface area contributed by atoms with Crippen molar-refractivity contribution in [3.8, 4) is 0 Å². The maximum Gasteiger partial charge on any atom is 0.224 e. The fourth-order valence-electron chi connectivity index (χ4n) is 3.47. The fourth-order valence-corrected chi connectivity index (χ4v) is 4.27. The van der Waals surface area contributed by atoms with Crippen molar-refractivity contribution in [2.24, 2.45) is 11.8 Å². The highest BCUT2D eigenvalue weighted by atomic mass is 32.2. The van der Waals surface area contributed by atoms with Gasteiger partial charge in [-0.2, -0.15) is 5.10 Å². The molecule has 1 N–H and O–H groups in total. The zero-order chi connectivity index (χ0) is 18.9. The number of aromatic nitrogens is 2. The molecule has 0 spiro atoms. The second kappa shape index (κ2) is 7.45. The topological polar surface area (TPSA) is 84.3 Å². The van der Waals surface area contributed by atoms with Crippen molar-refractivity contribution in [1.29, 1.82) is 0 Å². The molecule has 7 nitrogen and oxygen atoms in total. The minimum atomic E-state index is -3.29. The van der Waals surface area contributed by atoms with E-state index in [1.807, 2.05) is 25.5 Å². The molecule has 1 aromatic rings. The van der Waals surface area contributed by atoms with Crippen LogP contribution in [-0.2, 0) is 21.4 Å². The zero-order valence-corrected chi connectivity index (χ0v) is 16.9. The SMILES string of the molecule is Cc1nn(CCC(=O)N2CC(NS(C)(=O)=O)C(C(C)C)C2)c(C)c1C. The standard InChI is InChI=1S/C17H30N4O3S/c1-11(2)15-9-20(10-16(15)19-25(6,23)24)17(22)7-8-21-14(5)12(3)13(4)18-21/h11,15-16,19H,7-10H2,1-6H3. The number of aryl methyl sites for hydroxylation is 2. The lowest BCUT2D eigenvalue weighted by Gasteiger charge is -2.21. The molecule has 0 aromatic carbocycles. The van der Waals surface area contributed by atoms with Gasteiger partial charge in [0.25, 0.3) is 0 Å². The smallest absolute Gasteiger partial charge is 0.224 e. The van der Waals surface area contributed by atoms with Gasteiger partial charge < -0.3 is 4.90 Å². The number of rotatable bonds is 6. The molecule has 0 bridgehead atoms. The maximum absolute atomic E-state index is 12.6. The van der Waals surface area contributed by atoms with E-state index in [-0.39, 0.29) is 17.9 Å². The van der Waals surface area contributed by atoms with Crippen molar-refractivity contribution in [2.45, 2.75) is 53.6 Å². The summed E-state index contributed by atoms with van der Waals surface area (Å²) in [5.41, 5.74) is 3.23.